The molecule has 0 radical (unpaired) electrons. The average Bonchev–Trinajstić information content (AvgIpc) is 2.36. The van der Waals surface area contributed by atoms with Crippen LogP contribution in [0.1, 0.15) is 25.3 Å². The van der Waals surface area contributed by atoms with Crippen molar-refractivity contribution >= 4 is 5.97 Å². The van der Waals surface area contributed by atoms with Crippen LogP contribution in [0, 0.1) is 0 Å². The van der Waals surface area contributed by atoms with Crippen LogP contribution in [0.25, 0.3) is 0 Å². The molecule has 1 aliphatic rings. The summed E-state index contributed by atoms with van der Waals surface area (Å²) in [5.74, 6) is -0.154. The molecule has 19 heavy (non-hydrogen) atoms. The van der Waals surface area contributed by atoms with Gasteiger partial charge in [0.25, 0.3) is 0 Å². The van der Waals surface area contributed by atoms with E-state index in [1.807, 2.05) is 25.1 Å². The lowest BCUT2D eigenvalue weighted by atomic mass is 9.86. The number of rotatable bonds is 6. The summed E-state index contributed by atoms with van der Waals surface area (Å²) in [6.45, 7) is 3.39. The van der Waals surface area contributed by atoms with Crippen molar-refractivity contribution in [1.82, 2.24) is 4.90 Å². The van der Waals surface area contributed by atoms with Crippen molar-refractivity contribution in [3.63, 3.8) is 0 Å². The molecular formula is C15H22N2O2. The Hall–Kier alpha value is -1.39. The molecule has 4 nitrogen and oxygen atoms in total. The van der Waals surface area contributed by atoms with Crippen LogP contribution in [0.2, 0.25) is 0 Å². The molecule has 0 spiro atoms. The van der Waals surface area contributed by atoms with Crippen molar-refractivity contribution in [1.29, 1.82) is 0 Å². The Morgan fingerprint density at radius 1 is 1.37 bits per heavy atom. The Morgan fingerprint density at radius 2 is 2.05 bits per heavy atom. The molecule has 2 rings (SSSR count). The van der Waals surface area contributed by atoms with Gasteiger partial charge in [0.1, 0.15) is 0 Å². The first-order chi connectivity index (χ1) is 9.19. The zero-order valence-corrected chi connectivity index (χ0v) is 11.4. The maximum atomic E-state index is 11.7. The molecule has 0 aliphatic heterocycles. The van der Waals surface area contributed by atoms with Crippen LogP contribution in [0.3, 0.4) is 0 Å². The maximum absolute atomic E-state index is 11.7. The van der Waals surface area contributed by atoms with E-state index >= 15 is 0 Å². The molecule has 0 atom stereocenters. The number of carbonyl (C=O) groups is 1. The van der Waals surface area contributed by atoms with Crippen LogP contribution in [0.15, 0.2) is 30.3 Å². The van der Waals surface area contributed by atoms with Gasteiger partial charge in [0.15, 0.2) is 0 Å². The second kappa shape index (κ2) is 6.68. The Morgan fingerprint density at radius 3 is 2.63 bits per heavy atom. The summed E-state index contributed by atoms with van der Waals surface area (Å²) in [6, 6.07) is 10.9. The zero-order valence-electron chi connectivity index (χ0n) is 11.4. The van der Waals surface area contributed by atoms with Gasteiger partial charge in [-0.05, 0) is 25.3 Å². The molecule has 1 aliphatic carbocycles. The zero-order chi connectivity index (χ0) is 13.7. The van der Waals surface area contributed by atoms with E-state index in [-0.39, 0.29) is 12.0 Å². The van der Waals surface area contributed by atoms with Gasteiger partial charge in [-0.1, -0.05) is 30.3 Å². The molecule has 104 valence electrons. The fourth-order valence-corrected chi connectivity index (χ4v) is 2.43. The third-order valence-corrected chi connectivity index (χ3v) is 3.53. The van der Waals surface area contributed by atoms with Gasteiger partial charge in [-0.2, -0.15) is 0 Å². The summed E-state index contributed by atoms with van der Waals surface area (Å²) >= 11 is 0. The Bertz CT molecular complexity index is 402. The Balaban J connectivity index is 1.96. The third-order valence-electron chi connectivity index (χ3n) is 3.53. The van der Waals surface area contributed by atoms with Crippen molar-refractivity contribution in [2.24, 2.45) is 5.73 Å². The fourth-order valence-electron chi connectivity index (χ4n) is 2.43. The second-order valence-corrected chi connectivity index (χ2v) is 5.08. The molecule has 0 aromatic heterocycles. The monoisotopic (exact) mass is 262 g/mol. The van der Waals surface area contributed by atoms with E-state index in [9.17, 15) is 4.79 Å². The molecule has 1 saturated carbocycles. The number of carbonyl (C=O) groups excluding carboxylic acids is 1. The van der Waals surface area contributed by atoms with Gasteiger partial charge >= 0.3 is 5.97 Å². The molecule has 2 N–H and O–H groups in total. The van der Waals surface area contributed by atoms with Crippen LogP contribution in [0.5, 0.6) is 0 Å². The maximum Gasteiger partial charge on any atom is 0.320 e. The molecule has 0 amide bonds. The minimum atomic E-state index is -0.154. The number of hydrogen-bond donors (Lipinski definition) is 1. The van der Waals surface area contributed by atoms with Crippen LogP contribution >= 0.6 is 0 Å². The summed E-state index contributed by atoms with van der Waals surface area (Å²) in [6.07, 6.45) is 1.93. The number of nitrogens with two attached hydrogens (primary N) is 1. The SMILES string of the molecule is CCOC(=O)CN(Cc1ccccc1)C1CC(N)C1. The second-order valence-electron chi connectivity index (χ2n) is 5.08. The van der Waals surface area contributed by atoms with E-state index in [2.05, 4.69) is 17.0 Å². The van der Waals surface area contributed by atoms with E-state index in [1.165, 1.54) is 5.56 Å². The van der Waals surface area contributed by atoms with Gasteiger partial charge in [-0.25, -0.2) is 0 Å². The third kappa shape index (κ3) is 4.04. The van der Waals surface area contributed by atoms with Crippen LogP contribution in [0.4, 0.5) is 0 Å². The molecule has 1 fully saturated rings. The topological polar surface area (TPSA) is 55.6 Å². The molecule has 4 heteroatoms. The van der Waals surface area contributed by atoms with E-state index < -0.39 is 0 Å². The first-order valence-corrected chi connectivity index (χ1v) is 6.88. The van der Waals surface area contributed by atoms with Crippen molar-refractivity contribution in [2.45, 2.75) is 38.4 Å². The predicted octanol–water partition coefficient (Wildman–Crippen LogP) is 1.54. The van der Waals surface area contributed by atoms with Crippen molar-refractivity contribution in [3.8, 4) is 0 Å². The van der Waals surface area contributed by atoms with Gasteiger partial charge in [0.2, 0.25) is 0 Å². The molecule has 1 aromatic rings. The largest absolute Gasteiger partial charge is 0.465 e. The highest BCUT2D eigenvalue weighted by Crippen LogP contribution is 2.25. The number of nitrogens with zero attached hydrogens (tertiary/aromatic N) is 1. The minimum absolute atomic E-state index is 0.154. The van der Waals surface area contributed by atoms with Crippen LogP contribution in [-0.4, -0.2) is 36.1 Å². The summed E-state index contributed by atoms with van der Waals surface area (Å²) < 4.78 is 5.04. The highest BCUT2D eigenvalue weighted by Gasteiger charge is 2.32. The highest BCUT2D eigenvalue weighted by atomic mass is 16.5. The van der Waals surface area contributed by atoms with Crippen molar-refractivity contribution in [3.05, 3.63) is 35.9 Å². The van der Waals surface area contributed by atoms with E-state index in [4.69, 9.17) is 10.5 Å². The van der Waals surface area contributed by atoms with E-state index in [0.29, 0.717) is 19.2 Å². The lowest BCUT2D eigenvalue weighted by Gasteiger charge is -2.41. The lowest BCUT2D eigenvalue weighted by Crippen LogP contribution is -2.51. The van der Waals surface area contributed by atoms with Crippen molar-refractivity contribution < 1.29 is 9.53 Å². The summed E-state index contributed by atoms with van der Waals surface area (Å²) in [5.41, 5.74) is 7.06. The summed E-state index contributed by atoms with van der Waals surface area (Å²) in [5, 5.41) is 0. The standard InChI is InChI=1S/C15H22N2O2/c1-2-19-15(18)11-17(14-8-13(16)9-14)10-12-6-4-3-5-7-12/h3-7,13-14H,2,8-11,16H2,1H3. The van der Waals surface area contributed by atoms with Crippen LogP contribution < -0.4 is 5.73 Å². The minimum Gasteiger partial charge on any atom is -0.465 e. The smallest absolute Gasteiger partial charge is 0.320 e. The molecular weight excluding hydrogens is 240 g/mol. The van der Waals surface area contributed by atoms with Gasteiger partial charge in [-0.3, -0.25) is 9.69 Å². The normalized spacial score (nSPS) is 22.1. The van der Waals surface area contributed by atoms with Gasteiger partial charge in [0, 0.05) is 18.6 Å². The fraction of sp³-hybridized carbons (Fsp3) is 0.533. The first kappa shape index (κ1) is 14.0. The van der Waals surface area contributed by atoms with Crippen LogP contribution in [-0.2, 0) is 16.1 Å². The lowest BCUT2D eigenvalue weighted by molar-refractivity contribution is -0.145. The van der Waals surface area contributed by atoms with Gasteiger partial charge in [-0.15, -0.1) is 0 Å². The van der Waals surface area contributed by atoms with E-state index in [0.717, 1.165) is 19.4 Å². The number of benzene rings is 1. The number of hydrogen-bond acceptors (Lipinski definition) is 4. The highest BCUT2D eigenvalue weighted by molar-refractivity contribution is 5.71. The van der Waals surface area contributed by atoms with E-state index in [1.54, 1.807) is 0 Å². The summed E-state index contributed by atoms with van der Waals surface area (Å²) in [7, 11) is 0. The van der Waals surface area contributed by atoms with Gasteiger partial charge in [0.05, 0.1) is 13.2 Å². The first-order valence-electron chi connectivity index (χ1n) is 6.88. The molecule has 1 aromatic carbocycles. The molecule has 0 saturated heterocycles. The molecule has 0 unspecified atom stereocenters. The Labute approximate surface area is 114 Å². The quantitative estimate of drug-likeness (QED) is 0.790. The van der Waals surface area contributed by atoms with Gasteiger partial charge < -0.3 is 10.5 Å². The molecule has 0 bridgehead atoms. The average molecular weight is 262 g/mol. The number of esters is 1. The molecule has 0 heterocycles. The Kier molecular flexibility index (Phi) is 4.93. The summed E-state index contributed by atoms with van der Waals surface area (Å²) in [4.78, 5) is 13.9. The number of ether oxygens (including phenoxy) is 1. The van der Waals surface area contributed by atoms with Crippen molar-refractivity contribution in [2.75, 3.05) is 13.2 Å². The predicted molar refractivity (Wildman–Crippen MR) is 74.5 cm³/mol.